The van der Waals surface area contributed by atoms with Crippen molar-refractivity contribution in [2.45, 2.75) is 38.6 Å². The standard InChI is InChI=1S/C7H15N.CH2O2.ClH/c1-6-2-4-7(8)5-3-6;2-1-3;/h6-7H,2-5,8H2,1H3;1H,(H,2,3);1H/t6-,7-;;. The van der Waals surface area contributed by atoms with Gasteiger partial charge in [-0.25, -0.2) is 0 Å². The van der Waals surface area contributed by atoms with Crippen molar-refractivity contribution >= 4 is 18.9 Å². The van der Waals surface area contributed by atoms with Gasteiger partial charge in [0.1, 0.15) is 0 Å². The third kappa shape index (κ3) is 7.82. The van der Waals surface area contributed by atoms with Crippen LogP contribution < -0.4 is 5.73 Å². The first kappa shape index (κ1) is 14.3. The number of carbonyl (C=O) groups is 1. The van der Waals surface area contributed by atoms with E-state index in [0.29, 0.717) is 6.04 Å². The SMILES string of the molecule is C[C@H]1CC[C@H](N)CC1.Cl.O=CO. The van der Waals surface area contributed by atoms with Gasteiger partial charge in [-0.1, -0.05) is 6.92 Å². The first-order valence-corrected chi connectivity index (χ1v) is 4.04. The fourth-order valence-electron chi connectivity index (χ4n) is 1.29. The van der Waals surface area contributed by atoms with Crippen LogP contribution in [0.4, 0.5) is 0 Å². The number of halogens is 1. The van der Waals surface area contributed by atoms with Crippen LogP contribution in [0.3, 0.4) is 0 Å². The molecule has 4 heteroatoms. The molecule has 0 aliphatic heterocycles. The van der Waals surface area contributed by atoms with Gasteiger partial charge in [-0.2, -0.15) is 0 Å². The molecular formula is C8H18ClNO2. The van der Waals surface area contributed by atoms with E-state index >= 15 is 0 Å². The van der Waals surface area contributed by atoms with E-state index in [0.717, 1.165) is 5.92 Å². The molecule has 1 saturated carbocycles. The van der Waals surface area contributed by atoms with E-state index in [1.54, 1.807) is 0 Å². The smallest absolute Gasteiger partial charge is 0.290 e. The maximum Gasteiger partial charge on any atom is 0.290 e. The second-order valence-electron chi connectivity index (χ2n) is 3.13. The van der Waals surface area contributed by atoms with E-state index in [-0.39, 0.29) is 18.9 Å². The lowest BCUT2D eigenvalue weighted by molar-refractivity contribution is -0.122. The van der Waals surface area contributed by atoms with Gasteiger partial charge in [0.15, 0.2) is 0 Å². The first-order chi connectivity index (χ1) is 5.20. The average molecular weight is 196 g/mol. The summed E-state index contributed by atoms with van der Waals surface area (Å²) in [5.74, 6) is 0.940. The highest BCUT2D eigenvalue weighted by Crippen LogP contribution is 2.21. The summed E-state index contributed by atoms with van der Waals surface area (Å²) >= 11 is 0. The minimum Gasteiger partial charge on any atom is -0.483 e. The monoisotopic (exact) mass is 195 g/mol. The third-order valence-corrected chi connectivity index (χ3v) is 2.06. The third-order valence-electron chi connectivity index (χ3n) is 2.06. The van der Waals surface area contributed by atoms with Crippen LogP contribution in [0.1, 0.15) is 32.6 Å². The predicted octanol–water partition coefficient (Wildman–Crippen LogP) is 1.65. The summed E-state index contributed by atoms with van der Waals surface area (Å²) in [5.41, 5.74) is 5.70. The Morgan fingerprint density at radius 2 is 1.67 bits per heavy atom. The van der Waals surface area contributed by atoms with E-state index in [1.165, 1.54) is 25.7 Å². The summed E-state index contributed by atoms with van der Waals surface area (Å²) < 4.78 is 0. The molecule has 0 aromatic heterocycles. The number of hydrogen-bond acceptors (Lipinski definition) is 2. The molecule has 0 aromatic carbocycles. The molecule has 0 radical (unpaired) electrons. The summed E-state index contributed by atoms with van der Waals surface area (Å²) in [5, 5.41) is 6.89. The molecule has 3 nitrogen and oxygen atoms in total. The van der Waals surface area contributed by atoms with E-state index in [4.69, 9.17) is 15.6 Å². The molecule has 0 saturated heterocycles. The van der Waals surface area contributed by atoms with Crippen molar-refractivity contribution in [1.82, 2.24) is 0 Å². The molecule has 1 aliphatic rings. The molecule has 12 heavy (non-hydrogen) atoms. The first-order valence-electron chi connectivity index (χ1n) is 4.04. The zero-order chi connectivity index (χ0) is 8.69. The van der Waals surface area contributed by atoms with Crippen LogP contribution in [0.25, 0.3) is 0 Å². The van der Waals surface area contributed by atoms with Crippen LogP contribution in [-0.2, 0) is 4.79 Å². The van der Waals surface area contributed by atoms with Gasteiger partial charge >= 0.3 is 0 Å². The Bertz CT molecular complexity index is 93.2. The molecule has 1 rings (SSSR count). The van der Waals surface area contributed by atoms with Gasteiger partial charge < -0.3 is 10.8 Å². The van der Waals surface area contributed by atoms with Crippen molar-refractivity contribution in [2.75, 3.05) is 0 Å². The van der Waals surface area contributed by atoms with Gasteiger partial charge in [0.25, 0.3) is 6.47 Å². The van der Waals surface area contributed by atoms with E-state index < -0.39 is 0 Å². The minimum absolute atomic E-state index is 0. The molecule has 3 N–H and O–H groups in total. The van der Waals surface area contributed by atoms with Crippen LogP contribution >= 0.6 is 12.4 Å². The Labute approximate surface area is 79.7 Å². The highest BCUT2D eigenvalue weighted by molar-refractivity contribution is 5.85. The summed E-state index contributed by atoms with van der Waals surface area (Å²) in [6, 6.07) is 0.520. The van der Waals surface area contributed by atoms with E-state index in [2.05, 4.69) is 6.92 Å². The summed E-state index contributed by atoms with van der Waals surface area (Å²) in [6.07, 6.45) is 5.20. The van der Waals surface area contributed by atoms with Gasteiger partial charge in [0.05, 0.1) is 0 Å². The maximum absolute atomic E-state index is 8.36. The van der Waals surface area contributed by atoms with Crippen LogP contribution in [0.2, 0.25) is 0 Å². The van der Waals surface area contributed by atoms with Gasteiger partial charge in [-0.15, -0.1) is 12.4 Å². The Kier molecular flexibility index (Phi) is 10.5. The zero-order valence-corrected chi connectivity index (χ0v) is 8.22. The molecule has 0 heterocycles. The van der Waals surface area contributed by atoms with Crippen molar-refractivity contribution in [3.05, 3.63) is 0 Å². The molecule has 1 fully saturated rings. The minimum atomic E-state index is -0.250. The highest BCUT2D eigenvalue weighted by atomic mass is 35.5. The predicted molar refractivity (Wildman–Crippen MR) is 51.5 cm³/mol. The van der Waals surface area contributed by atoms with E-state index in [1.807, 2.05) is 0 Å². The molecule has 0 spiro atoms. The zero-order valence-electron chi connectivity index (χ0n) is 7.40. The number of rotatable bonds is 0. The number of nitrogens with two attached hydrogens (primary N) is 1. The van der Waals surface area contributed by atoms with Crippen LogP contribution in [-0.4, -0.2) is 17.6 Å². The lowest BCUT2D eigenvalue weighted by atomic mass is 9.88. The van der Waals surface area contributed by atoms with Crippen molar-refractivity contribution in [3.63, 3.8) is 0 Å². The maximum atomic E-state index is 8.36. The van der Waals surface area contributed by atoms with Gasteiger partial charge in [-0.05, 0) is 31.6 Å². The van der Waals surface area contributed by atoms with Crippen molar-refractivity contribution in [1.29, 1.82) is 0 Å². The normalized spacial score (nSPS) is 27.5. The average Bonchev–Trinajstić information content (AvgIpc) is 1.97. The Morgan fingerprint density at radius 1 is 1.33 bits per heavy atom. The Hall–Kier alpha value is -0.280. The van der Waals surface area contributed by atoms with Crippen molar-refractivity contribution in [3.8, 4) is 0 Å². The number of carboxylic acid groups (broad SMARTS) is 1. The summed E-state index contributed by atoms with van der Waals surface area (Å²) in [7, 11) is 0. The van der Waals surface area contributed by atoms with Gasteiger partial charge in [-0.3, -0.25) is 4.79 Å². The molecular weight excluding hydrogens is 178 g/mol. The van der Waals surface area contributed by atoms with E-state index in [9.17, 15) is 0 Å². The lowest BCUT2D eigenvalue weighted by Gasteiger charge is -2.22. The van der Waals surface area contributed by atoms with Crippen LogP contribution in [0.5, 0.6) is 0 Å². The molecule has 74 valence electrons. The second-order valence-corrected chi connectivity index (χ2v) is 3.13. The van der Waals surface area contributed by atoms with Crippen molar-refractivity contribution < 1.29 is 9.90 Å². The Morgan fingerprint density at radius 3 is 1.92 bits per heavy atom. The summed E-state index contributed by atoms with van der Waals surface area (Å²) in [4.78, 5) is 8.36. The molecule has 0 unspecified atom stereocenters. The second kappa shape index (κ2) is 8.81. The molecule has 0 aromatic rings. The highest BCUT2D eigenvalue weighted by Gasteiger charge is 2.13. The summed E-state index contributed by atoms with van der Waals surface area (Å²) in [6.45, 7) is 2.06. The fourth-order valence-corrected chi connectivity index (χ4v) is 1.29. The van der Waals surface area contributed by atoms with Crippen LogP contribution in [0, 0.1) is 5.92 Å². The molecule has 0 amide bonds. The van der Waals surface area contributed by atoms with Gasteiger partial charge in [0.2, 0.25) is 0 Å². The van der Waals surface area contributed by atoms with Crippen LogP contribution in [0.15, 0.2) is 0 Å². The Balaban J connectivity index is 0. The van der Waals surface area contributed by atoms with Gasteiger partial charge in [0, 0.05) is 6.04 Å². The largest absolute Gasteiger partial charge is 0.483 e. The van der Waals surface area contributed by atoms with Crippen molar-refractivity contribution in [2.24, 2.45) is 11.7 Å². The fraction of sp³-hybridized carbons (Fsp3) is 0.875. The molecule has 1 aliphatic carbocycles. The topological polar surface area (TPSA) is 63.3 Å². The quantitative estimate of drug-likeness (QED) is 0.578. The molecule has 0 bridgehead atoms. The molecule has 0 atom stereocenters. The lowest BCUT2D eigenvalue weighted by Crippen LogP contribution is -2.25. The number of hydrogen-bond donors (Lipinski definition) is 2.